The van der Waals surface area contributed by atoms with Gasteiger partial charge in [-0.1, -0.05) is 18.2 Å². The van der Waals surface area contributed by atoms with Crippen LogP contribution >= 0.6 is 0 Å². The molecule has 0 amide bonds. The van der Waals surface area contributed by atoms with Crippen LogP contribution in [-0.2, 0) is 11.3 Å². The summed E-state index contributed by atoms with van der Waals surface area (Å²) in [5.74, 6) is -0.948. The summed E-state index contributed by atoms with van der Waals surface area (Å²) in [6, 6.07) is 9.22. The summed E-state index contributed by atoms with van der Waals surface area (Å²) in [6.45, 7) is 0.626. The number of nitrogens with zero attached hydrogens (tertiary/aromatic N) is 1. The van der Waals surface area contributed by atoms with E-state index in [0.717, 1.165) is 10.9 Å². The van der Waals surface area contributed by atoms with Crippen molar-refractivity contribution in [3.8, 4) is 0 Å². The second-order valence-electron chi connectivity index (χ2n) is 3.80. The molecular weight excluding hydrogens is 204 g/mol. The number of carbonyl (C=O) groups is 1. The van der Waals surface area contributed by atoms with Crippen LogP contribution in [0.5, 0.6) is 0 Å². The Bertz CT molecular complexity index is 504. The van der Waals surface area contributed by atoms with E-state index in [1.807, 2.05) is 41.1 Å². The van der Waals surface area contributed by atoms with Crippen LogP contribution in [0, 0.1) is 0 Å². The maximum atomic E-state index is 10.6. The zero-order valence-electron chi connectivity index (χ0n) is 8.84. The number of aromatic nitrogens is 1. The predicted molar refractivity (Wildman–Crippen MR) is 62.2 cm³/mol. The first-order valence-electron chi connectivity index (χ1n) is 5.21. The molecule has 1 heterocycles. The quantitative estimate of drug-likeness (QED) is 0.816. The maximum Gasteiger partial charge on any atom is 0.320 e. The van der Waals surface area contributed by atoms with Gasteiger partial charge in [0.15, 0.2) is 0 Å². The molecule has 2 rings (SSSR count). The summed E-state index contributed by atoms with van der Waals surface area (Å²) < 4.78 is 2.03. The molecule has 0 bridgehead atoms. The minimum absolute atomic E-state index is 0.438. The summed E-state index contributed by atoms with van der Waals surface area (Å²) in [5, 5.41) is 9.85. The van der Waals surface area contributed by atoms with Crippen LogP contribution in [0.1, 0.15) is 6.42 Å². The van der Waals surface area contributed by atoms with E-state index < -0.39 is 12.0 Å². The molecule has 1 aromatic heterocycles. The van der Waals surface area contributed by atoms with Crippen molar-refractivity contribution in [3.05, 3.63) is 36.5 Å². The number of hydrogen-bond donors (Lipinski definition) is 2. The van der Waals surface area contributed by atoms with Gasteiger partial charge in [-0.3, -0.25) is 4.79 Å². The van der Waals surface area contributed by atoms with Gasteiger partial charge < -0.3 is 15.4 Å². The molecule has 4 nitrogen and oxygen atoms in total. The molecule has 3 N–H and O–H groups in total. The average Bonchev–Trinajstić information content (AvgIpc) is 2.69. The summed E-state index contributed by atoms with van der Waals surface area (Å²) >= 11 is 0. The Labute approximate surface area is 93.3 Å². The number of carboxylic acid groups (broad SMARTS) is 1. The zero-order valence-corrected chi connectivity index (χ0v) is 8.84. The van der Waals surface area contributed by atoms with Gasteiger partial charge in [0, 0.05) is 18.3 Å². The third-order valence-corrected chi connectivity index (χ3v) is 2.68. The summed E-state index contributed by atoms with van der Waals surface area (Å²) in [6.07, 6.45) is 2.40. The van der Waals surface area contributed by atoms with Crippen LogP contribution in [-0.4, -0.2) is 21.7 Å². The summed E-state index contributed by atoms with van der Waals surface area (Å²) in [7, 11) is 0. The topological polar surface area (TPSA) is 68.2 Å². The Morgan fingerprint density at radius 2 is 2.12 bits per heavy atom. The van der Waals surface area contributed by atoms with Crippen molar-refractivity contribution in [2.45, 2.75) is 19.0 Å². The minimum atomic E-state index is -0.948. The van der Waals surface area contributed by atoms with Crippen molar-refractivity contribution in [1.82, 2.24) is 4.57 Å². The lowest BCUT2D eigenvalue weighted by Gasteiger charge is -2.08. The van der Waals surface area contributed by atoms with Gasteiger partial charge in [-0.05, 0) is 23.9 Å². The van der Waals surface area contributed by atoms with Crippen molar-refractivity contribution in [3.63, 3.8) is 0 Å². The molecule has 84 valence electrons. The molecule has 16 heavy (non-hydrogen) atoms. The summed E-state index contributed by atoms with van der Waals surface area (Å²) in [5.41, 5.74) is 6.58. The van der Waals surface area contributed by atoms with E-state index in [2.05, 4.69) is 0 Å². The number of fused-ring (bicyclic) bond motifs is 1. The molecular formula is C12H14N2O2. The van der Waals surface area contributed by atoms with Crippen LogP contribution in [0.4, 0.5) is 0 Å². The first kappa shape index (κ1) is 10.7. The standard InChI is InChI=1S/C12H14N2O2/c13-10(12(15)16)6-8-14-7-5-9-3-1-2-4-11(9)14/h1-5,7,10H,6,8,13H2,(H,15,16). The highest BCUT2D eigenvalue weighted by molar-refractivity contribution is 5.80. The largest absolute Gasteiger partial charge is 0.480 e. The van der Waals surface area contributed by atoms with E-state index in [1.54, 1.807) is 0 Å². The van der Waals surface area contributed by atoms with Gasteiger partial charge >= 0.3 is 5.97 Å². The van der Waals surface area contributed by atoms with Crippen molar-refractivity contribution in [2.24, 2.45) is 5.73 Å². The predicted octanol–water partition coefficient (Wildman–Crippen LogP) is 1.44. The van der Waals surface area contributed by atoms with Crippen molar-refractivity contribution < 1.29 is 9.90 Å². The molecule has 4 heteroatoms. The Balaban J connectivity index is 2.13. The third-order valence-electron chi connectivity index (χ3n) is 2.68. The smallest absolute Gasteiger partial charge is 0.320 e. The van der Waals surface area contributed by atoms with Crippen LogP contribution in [0.2, 0.25) is 0 Å². The fourth-order valence-electron chi connectivity index (χ4n) is 1.74. The van der Waals surface area contributed by atoms with Gasteiger partial charge in [0.2, 0.25) is 0 Å². The van der Waals surface area contributed by atoms with Crippen molar-refractivity contribution in [2.75, 3.05) is 0 Å². The van der Waals surface area contributed by atoms with E-state index in [9.17, 15) is 4.79 Å². The highest BCUT2D eigenvalue weighted by Gasteiger charge is 2.11. The second-order valence-corrected chi connectivity index (χ2v) is 3.80. The number of carboxylic acids is 1. The number of aliphatic carboxylic acids is 1. The normalized spacial score (nSPS) is 12.8. The van der Waals surface area contributed by atoms with Gasteiger partial charge in [-0.25, -0.2) is 0 Å². The van der Waals surface area contributed by atoms with Gasteiger partial charge in [-0.2, -0.15) is 0 Å². The number of para-hydroxylation sites is 1. The Hall–Kier alpha value is -1.81. The molecule has 1 unspecified atom stereocenters. The molecule has 0 spiro atoms. The van der Waals surface area contributed by atoms with Crippen LogP contribution in [0.25, 0.3) is 10.9 Å². The first-order chi connectivity index (χ1) is 7.68. The third kappa shape index (κ3) is 2.06. The average molecular weight is 218 g/mol. The zero-order chi connectivity index (χ0) is 11.5. The number of rotatable bonds is 4. The molecule has 2 aromatic rings. The van der Waals surface area contributed by atoms with Gasteiger partial charge in [0.25, 0.3) is 0 Å². The van der Waals surface area contributed by atoms with Gasteiger partial charge in [-0.15, -0.1) is 0 Å². The molecule has 1 aromatic carbocycles. The van der Waals surface area contributed by atoms with E-state index in [4.69, 9.17) is 10.8 Å². The minimum Gasteiger partial charge on any atom is -0.480 e. The fraction of sp³-hybridized carbons (Fsp3) is 0.250. The lowest BCUT2D eigenvalue weighted by Crippen LogP contribution is -2.31. The number of aryl methyl sites for hydroxylation is 1. The van der Waals surface area contributed by atoms with Gasteiger partial charge in [0.05, 0.1) is 0 Å². The van der Waals surface area contributed by atoms with Crippen LogP contribution in [0.3, 0.4) is 0 Å². The highest BCUT2D eigenvalue weighted by Crippen LogP contribution is 2.15. The second kappa shape index (κ2) is 4.37. The Kier molecular flexibility index (Phi) is 2.92. The van der Waals surface area contributed by atoms with Gasteiger partial charge in [0.1, 0.15) is 6.04 Å². The van der Waals surface area contributed by atoms with E-state index in [-0.39, 0.29) is 0 Å². The first-order valence-corrected chi connectivity index (χ1v) is 5.21. The van der Waals surface area contributed by atoms with Crippen molar-refractivity contribution in [1.29, 1.82) is 0 Å². The Morgan fingerprint density at radius 1 is 1.38 bits per heavy atom. The van der Waals surface area contributed by atoms with Crippen molar-refractivity contribution >= 4 is 16.9 Å². The number of nitrogens with two attached hydrogens (primary N) is 1. The summed E-state index contributed by atoms with van der Waals surface area (Å²) in [4.78, 5) is 10.6. The molecule has 0 aliphatic carbocycles. The molecule has 1 atom stereocenters. The molecule has 0 radical (unpaired) electrons. The Morgan fingerprint density at radius 3 is 2.88 bits per heavy atom. The molecule has 0 aliphatic rings. The fourth-order valence-corrected chi connectivity index (χ4v) is 1.74. The SMILES string of the molecule is NC(CCn1ccc2ccccc21)C(=O)O. The highest BCUT2D eigenvalue weighted by atomic mass is 16.4. The van der Waals surface area contributed by atoms with E-state index >= 15 is 0 Å². The lowest BCUT2D eigenvalue weighted by atomic mass is 10.2. The molecule has 0 saturated carbocycles. The van der Waals surface area contributed by atoms with Crippen LogP contribution < -0.4 is 5.73 Å². The number of hydrogen-bond acceptors (Lipinski definition) is 2. The molecule has 0 fully saturated rings. The lowest BCUT2D eigenvalue weighted by molar-refractivity contribution is -0.138. The molecule has 0 saturated heterocycles. The number of benzene rings is 1. The maximum absolute atomic E-state index is 10.6. The van der Waals surface area contributed by atoms with Crippen LogP contribution in [0.15, 0.2) is 36.5 Å². The molecule has 0 aliphatic heterocycles. The monoisotopic (exact) mass is 218 g/mol. The van der Waals surface area contributed by atoms with E-state index in [0.29, 0.717) is 13.0 Å². The van der Waals surface area contributed by atoms with E-state index in [1.165, 1.54) is 0 Å².